The highest BCUT2D eigenvalue weighted by molar-refractivity contribution is 6.07. The molecule has 122 valence electrons. The summed E-state index contributed by atoms with van der Waals surface area (Å²) in [7, 11) is 0. The maximum absolute atomic E-state index is 12.3. The van der Waals surface area contributed by atoms with Crippen molar-refractivity contribution in [3.8, 4) is 0 Å². The van der Waals surface area contributed by atoms with Gasteiger partial charge in [-0.3, -0.25) is 9.59 Å². The average molecular weight is 323 g/mol. The molecule has 0 bridgehead atoms. The summed E-state index contributed by atoms with van der Waals surface area (Å²) in [5.74, 6) is -2.49. The molecular formula is C18H15N2O4-. The number of hydrogen-bond donors (Lipinski definition) is 2. The van der Waals surface area contributed by atoms with E-state index in [2.05, 4.69) is 10.6 Å². The lowest BCUT2D eigenvalue weighted by Crippen LogP contribution is -2.24. The van der Waals surface area contributed by atoms with Crippen molar-refractivity contribution in [1.82, 2.24) is 5.32 Å². The Morgan fingerprint density at radius 3 is 2.29 bits per heavy atom. The summed E-state index contributed by atoms with van der Waals surface area (Å²) < 4.78 is 0. The van der Waals surface area contributed by atoms with Crippen molar-refractivity contribution in [1.29, 1.82) is 0 Å². The van der Waals surface area contributed by atoms with Gasteiger partial charge in [0.2, 0.25) is 5.91 Å². The highest BCUT2D eigenvalue weighted by Crippen LogP contribution is 2.15. The molecule has 0 aliphatic carbocycles. The van der Waals surface area contributed by atoms with Crippen LogP contribution < -0.4 is 15.7 Å². The van der Waals surface area contributed by atoms with Crippen LogP contribution in [0.15, 0.2) is 66.7 Å². The SMILES string of the molecule is O=C([O-])C=CC(=O)Nc1ccccc1C(=O)NCc1ccccc1. The van der Waals surface area contributed by atoms with E-state index in [0.29, 0.717) is 12.6 Å². The fourth-order valence-corrected chi connectivity index (χ4v) is 1.98. The third kappa shape index (κ3) is 5.10. The molecule has 6 heteroatoms. The predicted octanol–water partition coefficient (Wildman–Crippen LogP) is 0.861. The molecule has 24 heavy (non-hydrogen) atoms. The van der Waals surface area contributed by atoms with Crippen molar-refractivity contribution in [3.63, 3.8) is 0 Å². The van der Waals surface area contributed by atoms with Crippen molar-refractivity contribution in [3.05, 3.63) is 77.9 Å². The van der Waals surface area contributed by atoms with E-state index < -0.39 is 11.9 Å². The molecule has 2 aromatic carbocycles. The van der Waals surface area contributed by atoms with Crippen molar-refractivity contribution in [2.75, 3.05) is 5.32 Å². The Bertz CT molecular complexity index is 770. The van der Waals surface area contributed by atoms with Crippen molar-refractivity contribution in [2.45, 2.75) is 6.54 Å². The van der Waals surface area contributed by atoms with Crippen LogP contribution in [0.5, 0.6) is 0 Å². The molecule has 0 saturated carbocycles. The molecule has 0 heterocycles. The molecule has 0 aliphatic rings. The first-order valence-corrected chi connectivity index (χ1v) is 7.17. The predicted molar refractivity (Wildman–Crippen MR) is 86.8 cm³/mol. The van der Waals surface area contributed by atoms with E-state index in [1.165, 1.54) is 0 Å². The second-order valence-electron chi connectivity index (χ2n) is 4.86. The van der Waals surface area contributed by atoms with Crippen LogP contribution in [0.3, 0.4) is 0 Å². The van der Waals surface area contributed by atoms with Gasteiger partial charge in [-0.25, -0.2) is 0 Å². The molecule has 0 atom stereocenters. The number of nitrogens with one attached hydrogen (secondary N) is 2. The highest BCUT2D eigenvalue weighted by Gasteiger charge is 2.11. The number of anilines is 1. The van der Waals surface area contributed by atoms with E-state index in [0.717, 1.165) is 11.6 Å². The fourth-order valence-electron chi connectivity index (χ4n) is 1.98. The molecule has 2 amide bonds. The van der Waals surface area contributed by atoms with Gasteiger partial charge < -0.3 is 20.5 Å². The molecule has 0 spiro atoms. The van der Waals surface area contributed by atoms with Crippen LogP contribution in [0.1, 0.15) is 15.9 Å². The van der Waals surface area contributed by atoms with Crippen LogP contribution in [0.2, 0.25) is 0 Å². The molecule has 6 nitrogen and oxygen atoms in total. The van der Waals surface area contributed by atoms with Crippen molar-refractivity contribution >= 4 is 23.5 Å². The van der Waals surface area contributed by atoms with Gasteiger partial charge in [0.25, 0.3) is 5.91 Å². The topological polar surface area (TPSA) is 98.3 Å². The lowest BCUT2D eigenvalue weighted by atomic mass is 10.1. The van der Waals surface area contributed by atoms with E-state index in [4.69, 9.17) is 0 Å². The Labute approximate surface area is 138 Å². The molecule has 0 unspecified atom stereocenters. The molecule has 2 N–H and O–H groups in total. The smallest absolute Gasteiger partial charge is 0.253 e. The number of para-hydroxylation sites is 1. The number of carbonyl (C=O) groups excluding carboxylic acids is 3. The summed E-state index contributed by atoms with van der Waals surface area (Å²) in [6, 6.07) is 15.9. The minimum atomic E-state index is -1.47. The van der Waals surface area contributed by atoms with Gasteiger partial charge in [-0.05, 0) is 23.8 Å². The van der Waals surface area contributed by atoms with Gasteiger partial charge in [0.15, 0.2) is 0 Å². The van der Waals surface area contributed by atoms with Crippen LogP contribution in [-0.2, 0) is 16.1 Å². The Hall–Kier alpha value is -3.41. The second-order valence-corrected chi connectivity index (χ2v) is 4.86. The van der Waals surface area contributed by atoms with Crippen molar-refractivity contribution < 1.29 is 19.5 Å². The van der Waals surface area contributed by atoms with Gasteiger partial charge in [0.05, 0.1) is 17.2 Å². The third-order valence-corrected chi connectivity index (χ3v) is 3.10. The van der Waals surface area contributed by atoms with E-state index in [9.17, 15) is 19.5 Å². The number of carbonyl (C=O) groups is 3. The number of aliphatic carboxylic acids is 1. The Morgan fingerprint density at radius 1 is 0.917 bits per heavy atom. The lowest BCUT2D eigenvalue weighted by molar-refractivity contribution is -0.297. The fraction of sp³-hybridized carbons (Fsp3) is 0.0556. The van der Waals surface area contributed by atoms with Gasteiger partial charge in [-0.1, -0.05) is 42.5 Å². The van der Waals surface area contributed by atoms with E-state index in [1.54, 1.807) is 24.3 Å². The van der Waals surface area contributed by atoms with Crippen LogP contribution in [-0.4, -0.2) is 17.8 Å². The highest BCUT2D eigenvalue weighted by atomic mass is 16.4. The maximum Gasteiger partial charge on any atom is 0.253 e. The molecule has 0 saturated heterocycles. The van der Waals surface area contributed by atoms with Gasteiger partial charge in [-0.15, -0.1) is 0 Å². The number of carboxylic acid groups (broad SMARTS) is 1. The van der Waals surface area contributed by atoms with Gasteiger partial charge in [0.1, 0.15) is 0 Å². The molecule has 0 fully saturated rings. The van der Waals surface area contributed by atoms with Gasteiger partial charge in [-0.2, -0.15) is 0 Å². The van der Waals surface area contributed by atoms with Crippen molar-refractivity contribution in [2.24, 2.45) is 0 Å². The molecular weight excluding hydrogens is 308 g/mol. The van der Waals surface area contributed by atoms with Gasteiger partial charge in [0, 0.05) is 12.6 Å². The normalized spacial score (nSPS) is 10.3. The van der Waals surface area contributed by atoms with E-state index in [-0.39, 0.29) is 17.2 Å². The number of amides is 2. The zero-order valence-electron chi connectivity index (χ0n) is 12.7. The monoisotopic (exact) mass is 323 g/mol. The maximum atomic E-state index is 12.3. The van der Waals surface area contributed by atoms with Crippen LogP contribution in [0.4, 0.5) is 5.69 Å². The van der Waals surface area contributed by atoms with E-state index in [1.807, 2.05) is 30.3 Å². The van der Waals surface area contributed by atoms with Crippen LogP contribution in [0, 0.1) is 0 Å². The summed E-state index contributed by atoms with van der Waals surface area (Å²) in [6.07, 6.45) is 1.45. The van der Waals surface area contributed by atoms with Crippen LogP contribution >= 0.6 is 0 Å². The summed E-state index contributed by atoms with van der Waals surface area (Å²) in [5, 5.41) is 15.5. The number of rotatable bonds is 6. The average Bonchev–Trinajstić information content (AvgIpc) is 2.59. The minimum Gasteiger partial charge on any atom is -0.545 e. The molecule has 0 aliphatic heterocycles. The molecule has 0 aromatic heterocycles. The van der Waals surface area contributed by atoms with E-state index >= 15 is 0 Å². The Morgan fingerprint density at radius 2 is 1.58 bits per heavy atom. The first-order valence-electron chi connectivity index (χ1n) is 7.17. The summed E-state index contributed by atoms with van der Waals surface area (Å²) in [5.41, 5.74) is 1.52. The van der Waals surface area contributed by atoms with Gasteiger partial charge >= 0.3 is 0 Å². The molecule has 0 radical (unpaired) electrons. The zero-order chi connectivity index (χ0) is 17.4. The lowest BCUT2D eigenvalue weighted by Gasteiger charge is -2.10. The summed E-state index contributed by atoms with van der Waals surface area (Å²) in [4.78, 5) is 34.3. The van der Waals surface area contributed by atoms with Crippen LogP contribution in [0.25, 0.3) is 0 Å². The summed E-state index contributed by atoms with van der Waals surface area (Å²) in [6.45, 7) is 0.354. The Kier molecular flexibility index (Phi) is 5.85. The standard InChI is InChI=1S/C18H16N2O4/c21-16(10-11-17(22)23)20-15-9-5-4-8-14(15)18(24)19-12-13-6-2-1-3-7-13/h1-11H,12H2,(H,19,24)(H,20,21)(H,22,23)/p-1. The molecule has 2 rings (SSSR count). The first-order chi connectivity index (χ1) is 11.6. The first kappa shape index (κ1) is 17.0. The quantitative estimate of drug-likeness (QED) is 0.770. The Balaban J connectivity index is 2.06. The zero-order valence-corrected chi connectivity index (χ0v) is 12.7. The molecule has 2 aromatic rings. The number of hydrogen-bond acceptors (Lipinski definition) is 4. The second kappa shape index (κ2) is 8.28. The largest absolute Gasteiger partial charge is 0.545 e. The third-order valence-electron chi connectivity index (χ3n) is 3.10. The number of benzene rings is 2. The minimum absolute atomic E-state index is 0.281. The summed E-state index contributed by atoms with van der Waals surface area (Å²) >= 11 is 0. The number of carboxylic acids is 1.